The third-order valence-electron chi connectivity index (χ3n) is 4.74. The monoisotopic (exact) mass is 304 g/mol. The second-order valence-electron chi connectivity index (χ2n) is 6.36. The van der Waals surface area contributed by atoms with Gasteiger partial charge in [-0.25, -0.2) is 4.98 Å². The number of nitrogens with zero attached hydrogens (tertiary/aromatic N) is 2. The Balaban J connectivity index is 1.67. The summed E-state index contributed by atoms with van der Waals surface area (Å²) in [6.07, 6.45) is 10.0. The Morgan fingerprint density at radius 3 is 2.64 bits per heavy atom. The van der Waals surface area contributed by atoms with E-state index in [0.717, 1.165) is 57.3 Å². The van der Waals surface area contributed by atoms with Crippen molar-refractivity contribution in [3.05, 3.63) is 18.2 Å². The predicted molar refractivity (Wildman–Crippen MR) is 82.0 cm³/mol. The minimum Gasteiger partial charge on any atom is -0.348 e. The molecule has 0 spiro atoms. The van der Waals surface area contributed by atoms with Crippen LogP contribution < -0.4 is 5.32 Å². The van der Waals surface area contributed by atoms with E-state index in [0.29, 0.717) is 6.42 Å². The fourth-order valence-corrected chi connectivity index (χ4v) is 3.45. The van der Waals surface area contributed by atoms with Gasteiger partial charge in [-0.15, -0.1) is 0 Å². The zero-order valence-corrected chi connectivity index (χ0v) is 12.9. The van der Waals surface area contributed by atoms with Gasteiger partial charge in [0.2, 0.25) is 11.8 Å². The number of H-pyrrole nitrogens is 1. The number of aromatic amines is 1. The maximum absolute atomic E-state index is 12.7. The van der Waals surface area contributed by atoms with Gasteiger partial charge in [0.1, 0.15) is 6.04 Å². The van der Waals surface area contributed by atoms with Gasteiger partial charge in [-0.3, -0.25) is 9.59 Å². The zero-order valence-electron chi connectivity index (χ0n) is 12.9. The Morgan fingerprint density at radius 1 is 1.27 bits per heavy atom. The molecular weight excluding hydrogens is 280 g/mol. The normalized spacial score (nSPS) is 20.3. The number of imidazole rings is 1. The molecule has 2 amide bonds. The van der Waals surface area contributed by atoms with E-state index in [2.05, 4.69) is 15.3 Å². The van der Waals surface area contributed by atoms with Crippen molar-refractivity contribution in [1.82, 2.24) is 20.2 Å². The molecule has 1 aliphatic heterocycles. The number of hydrogen-bond donors (Lipinski definition) is 2. The van der Waals surface area contributed by atoms with E-state index in [1.807, 2.05) is 4.90 Å². The highest BCUT2D eigenvalue weighted by Gasteiger charge is 2.31. The highest BCUT2D eigenvalue weighted by Crippen LogP contribution is 2.25. The summed E-state index contributed by atoms with van der Waals surface area (Å²) in [7, 11) is 0. The molecule has 120 valence electrons. The molecule has 0 aromatic carbocycles. The summed E-state index contributed by atoms with van der Waals surface area (Å²) >= 11 is 0. The molecule has 2 heterocycles. The van der Waals surface area contributed by atoms with Crippen molar-refractivity contribution in [2.24, 2.45) is 5.92 Å². The van der Waals surface area contributed by atoms with Crippen LogP contribution in [-0.4, -0.2) is 45.8 Å². The molecule has 1 atom stereocenters. The lowest BCUT2D eigenvalue weighted by molar-refractivity contribution is -0.136. The summed E-state index contributed by atoms with van der Waals surface area (Å²) in [6.45, 7) is 1.61. The lowest BCUT2D eigenvalue weighted by Crippen LogP contribution is -2.50. The van der Waals surface area contributed by atoms with E-state index in [9.17, 15) is 9.59 Å². The van der Waals surface area contributed by atoms with Crippen LogP contribution in [0, 0.1) is 5.92 Å². The number of amides is 2. The number of likely N-dealkylation sites (tertiary alicyclic amines) is 1. The van der Waals surface area contributed by atoms with Gasteiger partial charge in [0.05, 0.1) is 6.33 Å². The van der Waals surface area contributed by atoms with Crippen molar-refractivity contribution in [2.75, 3.05) is 13.1 Å². The van der Waals surface area contributed by atoms with Gasteiger partial charge in [-0.1, -0.05) is 12.8 Å². The summed E-state index contributed by atoms with van der Waals surface area (Å²) in [5.74, 6) is 0.156. The minimum absolute atomic E-state index is 0.0366. The summed E-state index contributed by atoms with van der Waals surface area (Å²) in [6, 6.07) is -0.480. The Hall–Kier alpha value is -1.85. The summed E-state index contributed by atoms with van der Waals surface area (Å²) in [5.41, 5.74) is 0.879. The zero-order chi connectivity index (χ0) is 15.4. The molecule has 1 saturated heterocycles. The largest absolute Gasteiger partial charge is 0.348 e. The van der Waals surface area contributed by atoms with Crippen LogP contribution in [0.1, 0.15) is 44.2 Å². The molecule has 0 unspecified atom stereocenters. The fourth-order valence-electron chi connectivity index (χ4n) is 3.45. The quantitative estimate of drug-likeness (QED) is 0.859. The molecule has 1 saturated carbocycles. The van der Waals surface area contributed by atoms with Gasteiger partial charge in [-0.05, 0) is 25.7 Å². The van der Waals surface area contributed by atoms with Gasteiger partial charge < -0.3 is 15.2 Å². The molecule has 1 aromatic rings. The van der Waals surface area contributed by atoms with Crippen LogP contribution in [-0.2, 0) is 16.0 Å². The van der Waals surface area contributed by atoms with E-state index in [-0.39, 0.29) is 17.7 Å². The molecule has 1 aromatic heterocycles. The molecule has 2 fully saturated rings. The lowest BCUT2D eigenvalue weighted by Gasteiger charge is -2.25. The maximum atomic E-state index is 12.7. The molecule has 6 heteroatoms. The van der Waals surface area contributed by atoms with E-state index < -0.39 is 6.04 Å². The van der Waals surface area contributed by atoms with Crippen LogP contribution >= 0.6 is 0 Å². The summed E-state index contributed by atoms with van der Waals surface area (Å²) < 4.78 is 0. The van der Waals surface area contributed by atoms with Crippen molar-refractivity contribution >= 4 is 11.8 Å². The average molecular weight is 304 g/mol. The fraction of sp³-hybridized carbons (Fsp3) is 0.688. The van der Waals surface area contributed by atoms with Crippen LogP contribution in [0.15, 0.2) is 12.5 Å². The first-order valence-electron chi connectivity index (χ1n) is 8.30. The van der Waals surface area contributed by atoms with Crippen molar-refractivity contribution in [3.63, 3.8) is 0 Å². The highest BCUT2D eigenvalue weighted by atomic mass is 16.2. The maximum Gasteiger partial charge on any atom is 0.245 e. The van der Waals surface area contributed by atoms with Gasteiger partial charge in [-0.2, -0.15) is 0 Å². The summed E-state index contributed by atoms with van der Waals surface area (Å²) in [5, 5.41) is 3.00. The first kappa shape index (κ1) is 15.1. The van der Waals surface area contributed by atoms with Crippen molar-refractivity contribution in [1.29, 1.82) is 0 Å². The van der Waals surface area contributed by atoms with Crippen LogP contribution in [0.4, 0.5) is 0 Å². The molecule has 0 bridgehead atoms. The van der Waals surface area contributed by atoms with Gasteiger partial charge in [0.15, 0.2) is 0 Å². The number of carbonyl (C=O) groups is 2. The molecule has 3 rings (SSSR count). The van der Waals surface area contributed by atoms with Crippen LogP contribution in [0.25, 0.3) is 0 Å². The third-order valence-corrected chi connectivity index (χ3v) is 4.74. The number of carbonyl (C=O) groups excluding carboxylic acids is 2. The van der Waals surface area contributed by atoms with Crippen molar-refractivity contribution in [2.45, 2.75) is 51.0 Å². The smallest absolute Gasteiger partial charge is 0.245 e. The molecule has 0 radical (unpaired) electrons. The number of hydrogen-bond acceptors (Lipinski definition) is 3. The molecule has 6 nitrogen and oxygen atoms in total. The Labute approximate surface area is 130 Å². The molecule has 2 aliphatic rings. The average Bonchev–Trinajstić information content (AvgIpc) is 3.26. The van der Waals surface area contributed by atoms with E-state index in [4.69, 9.17) is 0 Å². The minimum atomic E-state index is -0.480. The molecule has 1 aliphatic carbocycles. The van der Waals surface area contributed by atoms with Crippen LogP contribution in [0.3, 0.4) is 0 Å². The first-order chi connectivity index (χ1) is 10.7. The van der Waals surface area contributed by atoms with Gasteiger partial charge in [0, 0.05) is 37.3 Å². The SMILES string of the molecule is O=C(N[C@@H](Cc1cnc[nH]1)C(=O)N1CCCC1)C1CCCC1. The number of rotatable bonds is 5. The molecular formula is C16H24N4O2. The van der Waals surface area contributed by atoms with Gasteiger partial charge in [0.25, 0.3) is 0 Å². The van der Waals surface area contributed by atoms with Crippen molar-refractivity contribution < 1.29 is 9.59 Å². The molecule has 22 heavy (non-hydrogen) atoms. The molecule has 2 N–H and O–H groups in total. The van der Waals surface area contributed by atoms with Gasteiger partial charge >= 0.3 is 0 Å². The van der Waals surface area contributed by atoms with Crippen molar-refractivity contribution in [3.8, 4) is 0 Å². The third kappa shape index (κ3) is 3.48. The van der Waals surface area contributed by atoms with Crippen LogP contribution in [0.2, 0.25) is 0 Å². The number of nitrogens with one attached hydrogen (secondary N) is 2. The van der Waals surface area contributed by atoms with E-state index in [1.54, 1.807) is 12.5 Å². The first-order valence-corrected chi connectivity index (χ1v) is 8.30. The topological polar surface area (TPSA) is 78.1 Å². The summed E-state index contributed by atoms with van der Waals surface area (Å²) in [4.78, 5) is 34.0. The van der Waals surface area contributed by atoms with Crippen LogP contribution in [0.5, 0.6) is 0 Å². The van der Waals surface area contributed by atoms with E-state index >= 15 is 0 Å². The highest BCUT2D eigenvalue weighted by molar-refractivity contribution is 5.89. The number of aromatic nitrogens is 2. The van der Waals surface area contributed by atoms with E-state index in [1.165, 1.54) is 0 Å². The Kier molecular flexibility index (Phi) is 4.75. The Bertz CT molecular complexity index is 502. The predicted octanol–water partition coefficient (Wildman–Crippen LogP) is 1.25. The lowest BCUT2D eigenvalue weighted by atomic mass is 10.1. The Morgan fingerprint density at radius 2 is 2.00 bits per heavy atom. The second-order valence-corrected chi connectivity index (χ2v) is 6.36. The second kappa shape index (κ2) is 6.94. The standard InChI is InChI=1S/C16H24N4O2/c21-15(12-5-1-2-6-12)19-14(9-13-10-17-11-18-13)16(22)20-7-3-4-8-20/h10-12,14H,1-9H2,(H,17,18)(H,19,21)/t14-/m0/s1.